The van der Waals surface area contributed by atoms with Crippen LogP contribution in [0.1, 0.15) is 46.0 Å². The Morgan fingerprint density at radius 2 is 1.76 bits per heavy atom. The predicted molar refractivity (Wildman–Crippen MR) is 80.8 cm³/mol. The van der Waals surface area contributed by atoms with Crippen molar-refractivity contribution >= 4 is 5.91 Å². The van der Waals surface area contributed by atoms with Crippen LogP contribution in [-0.4, -0.2) is 70.1 Å². The molecule has 4 atom stereocenters. The third kappa shape index (κ3) is 4.64. The zero-order chi connectivity index (χ0) is 15.8. The minimum absolute atomic E-state index is 0.260. The van der Waals surface area contributed by atoms with Gasteiger partial charge in [0.15, 0.2) is 0 Å². The molecule has 0 aliphatic carbocycles. The largest absolute Gasteiger partial charge is 0.395 e. The average molecular weight is 302 g/mol. The highest BCUT2D eigenvalue weighted by atomic mass is 16.3. The first-order valence-corrected chi connectivity index (χ1v) is 8.08. The number of hydrogen-bond acceptors (Lipinski definition) is 5. The van der Waals surface area contributed by atoms with Gasteiger partial charge in [0.1, 0.15) is 12.1 Å². The fourth-order valence-corrected chi connectivity index (χ4v) is 2.87. The van der Waals surface area contributed by atoms with Gasteiger partial charge in [0.25, 0.3) is 0 Å². The molecular formula is C15H30N2O4. The molecule has 6 heteroatoms. The molecule has 1 rings (SSSR count). The van der Waals surface area contributed by atoms with Crippen molar-refractivity contribution in [2.24, 2.45) is 0 Å². The van der Waals surface area contributed by atoms with E-state index in [-0.39, 0.29) is 12.5 Å². The Bertz CT molecular complexity index is 314. The number of hydrogen-bond donors (Lipinski definition) is 4. The van der Waals surface area contributed by atoms with Crippen molar-refractivity contribution in [3.05, 3.63) is 0 Å². The molecule has 0 aromatic heterocycles. The van der Waals surface area contributed by atoms with Gasteiger partial charge in [-0.25, -0.2) is 0 Å². The van der Waals surface area contributed by atoms with E-state index in [1.54, 1.807) is 4.90 Å². The number of unbranched alkanes of at least 4 members (excludes halogenated alkanes) is 3. The lowest BCUT2D eigenvalue weighted by Gasteiger charge is -2.28. The number of likely N-dealkylation sites (tertiary alicyclic amines) is 1. The van der Waals surface area contributed by atoms with Crippen molar-refractivity contribution in [2.45, 2.75) is 70.2 Å². The van der Waals surface area contributed by atoms with E-state index in [4.69, 9.17) is 0 Å². The summed E-state index contributed by atoms with van der Waals surface area (Å²) in [5, 5.41) is 32.4. The van der Waals surface area contributed by atoms with Gasteiger partial charge in [0.05, 0.1) is 18.8 Å². The molecule has 1 aliphatic heterocycles. The van der Waals surface area contributed by atoms with E-state index in [0.29, 0.717) is 13.1 Å². The summed E-state index contributed by atoms with van der Waals surface area (Å²) in [4.78, 5) is 14.0. The maximum absolute atomic E-state index is 12.3. The fraction of sp³-hybridized carbons (Fsp3) is 0.933. The van der Waals surface area contributed by atoms with Gasteiger partial charge in [-0.3, -0.25) is 9.69 Å². The van der Waals surface area contributed by atoms with Crippen LogP contribution in [0, 0.1) is 0 Å². The second kappa shape index (κ2) is 9.35. The molecule has 21 heavy (non-hydrogen) atoms. The van der Waals surface area contributed by atoms with Crippen LogP contribution in [0.4, 0.5) is 0 Å². The van der Waals surface area contributed by atoms with Crippen LogP contribution in [0.2, 0.25) is 0 Å². The number of nitrogens with zero attached hydrogens (tertiary/aromatic N) is 1. The van der Waals surface area contributed by atoms with Gasteiger partial charge in [-0.05, 0) is 19.4 Å². The minimum atomic E-state index is -1.15. The Kier molecular flexibility index (Phi) is 8.18. The highest BCUT2D eigenvalue weighted by Gasteiger charge is 2.50. The molecule has 0 aromatic rings. The summed E-state index contributed by atoms with van der Waals surface area (Å²) in [6.45, 7) is 5.04. The first-order valence-electron chi connectivity index (χ1n) is 8.08. The van der Waals surface area contributed by atoms with Gasteiger partial charge >= 0.3 is 0 Å². The van der Waals surface area contributed by atoms with Gasteiger partial charge in [-0.1, -0.05) is 33.1 Å². The molecule has 1 heterocycles. The lowest BCUT2D eigenvalue weighted by molar-refractivity contribution is -0.129. The summed E-state index contributed by atoms with van der Waals surface area (Å²) in [6, 6.07) is -1.34. The highest BCUT2D eigenvalue weighted by Crippen LogP contribution is 2.26. The number of aliphatic hydroxyl groups excluding tert-OH is 3. The quantitative estimate of drug-likeness (QED) is 0.445. The molecule has 1 aliphatic rings. The van der Waals surface area contributed by atoms with Crippen LogP contribution in [0.5, 0.6) is 0 Å². The Hall–Kier alpha value is -0.690. The van der Waals surface area contributed by atoms with Gasteiger partial charge in [-0.15, -0.1) is 0 Å². The van der Waals surface area contributed by atoms with Crippen molar-refractivity contribution in [1.29, 1.82) is 0 Å². The number of nitrogens with one attached hydrogen (secondary N) is 1. The van der Waals surface area contributed by atoms with E-state index in [9.17, 15) is 20.1 Å². The van der Waals surface area contributed by atoms with Crippen molar-refractivity contribution < 1.29 is 20.1 Å². The fourth-order valence-electron chi connectivity index (χ4n) is 2.87. The molecule has 0 spiro atoms. The van der Waals surface area contributed by atoms with Gasteiger partial charge < -0.3 is 20.6 Å². The van der Waals surface area contributed by atoms with Crippen LogP contribution >= 0.6 is 0 Å². The van der Waals surface area contributed by atoms with Gasteiger partial charge in [-0.2, -0.15) is 0 Å². The summed E-state index contributed by atoms with van der Waals surface area (Å²) in [5.41, 5.74) is 0. The first kappa shape index (κ1) is 18.4. The van der Waals surface area contributed by atoms with Crippen molar-refractivity contribution in [3.8, 4) is 0 Å². The standard InChI is InChI=1S/C15H30N2O4/c1-3-5-7-8-16-15(21)12-14(20)13(19)11(10-18)17(12)9-6-4-2/h11-14,18-20H,3-10H2,1-2H3,(H,16,21)/t11-,12+,13-,14-/m0/s1. The lowest BCUT2D eigenvalue weighted by atomic mass is 10.1. The Morgan fingerprint density at radius 3 is 2.33 bits per heavy atom. The maximum atomic E-state index is 12.3. The van der Waals surface area contributed by atoms with Crippen LogP contribution in [0.25, 0.3) is 0 Å². The molecule has 1 saturated heterocycles. The van der Waals surface area contributed by atoms with Crippen molar-refractivity contribution in [2.75, 3.05) is 19.7 Å². The zero-order valence-electron chi connectivity index (χ0n) is 13.2. The van der Waals surface area contributed by atoms with Crippen LogP contribution in [0.3, 0.4) is 0 Å². The summed E-state index contributed by atoms with van der Waals surface area (Å²) < 4.78 is 0. The molecule has 0 unspecified atom stereocenters. The smallest absolute Gasteiger partial charge is 0.240 e. The lowest BCUT2D eigenvalue weighted by Crippen LogP contribution is -2.50. The maximum Gasteiger partial charge on any atom is 0.240 e. The zero-order valence-corrected chi connectivity index (χ0v) is 13.2. The van der Waals surface area contributed by atoms with Crippen LogP contribution in [0.15, 0.2) is 0 Å². The third-order valence-electron chi connectivity index (χ3n) is 4.16. The molecular weight excluding hydrogens is 272 g/mol. The Balaban J connectivity index is 2.67. The second-order valence-electron chi connectivity index (χ2n) is 5.77. The summed E-state index contributed by atoms with van der Waals surface area (Å²) >= 11 is 0. The Morgan fingerprint density at radius 1 is 1.10 bits per heavy atom. The van der Waals surface area contributed by atoms with E-state index in [0.717, 1.165) is 32.1 Å². The van der Waals surface area contributed by atoms with Crippen LogP contribution < -0.4 is 5.32 Å². The van der Waals surface area contributed by atoms with Crippen LogP contribution in [-0.2, 0) is 4.79 Å². The second-order valence-corrected chi connectivity index (χ2v) is 5.77. The van der Waals surface area contributed by atoms with Gasteiger partial charge in [0.2, 0.25) is 5.91 Å². The average Bonchev–Trinajstić information content (AvgIpc) is 2.72. The molecule has 1 amide bonds. The minimum Gasteiger partial charge on any atom is -0.395 e. The van der Waals surface area contributed by atoms with E-state index >= 15 is 0 Å². The van der Waals surface area contributed by atoms with E-state index in [2.05, 4.69) is 12.2 Å². The molecule has 0 bridgehead atoms. The first-order chi connectivity index (χ1) is 10.1. The topological polar surface area (TPSA) is 93.0 Å². The number of carbonyl (C=O) groups is 1. The molecule has 0 radical (unpaired) electrons. The normalized spacial score (nSPS) is 29.8. The van der Waals surface area contributed by atoms with Crippen molar-refractivity contribution in [3.63, 3.8) is 0 Å². The number of rotatable bonds is 9. The SMILES string of the molecule is CCCCCNC(=O)[C@H]1[C@H](O)[C@@H](O)[C@H](CO)N1CCCC. The summed E-state index contributed by atoms with van der Waals surface area (Å²) in [5.74, 6) is -0.260. The molecule has 124 valence electrons. The van der Waals surface area contributed by atoms with Gasteiger partial charge in [0, 0.05) is 6.54 Å². The summed E-state index contributed by atoms with van der Waals surface area (Å²) in [6.07, 6.45) is 2.61. The van der Waals surface area contributed by atoms with E-state index < -0.39 is 24.3 Å². The third-order valence-corrected chi connectivity index (χ3v) is 4.16. The number of amides is 1. The number of aliphatic hydroxyl groups is 3. The summed E-state index contributed by atoms with van der Waals surface area (Å²) in [7, 11) is 0. The highest BCUT2D eigenvalue weighted by molar-refractivity contribution is 5.83. The monoisotopic (exact) mass is 302 g/mol. The van der Waals surface area contributed by atoms with Crippen molar-refractivity contribution in [1.82, 2.24) is 10.2 Å². The number of carbonyl (C=O) groups excluding carboxylic acids is 1. The molecule has 6 nitrogen and oxygen atoms in total. The predicted octanol–water partition coefficient (Wildman–Crippen LogP) is -0.140. The molecule has 1 fully saturated rings. The van der Waals surface area contributed by atoms with E-state index in [1.807, 2.05) is 6.92 Å². The molecule has 4 N–H and O–H groups in total. The molecule has 0 saturated carbocycles. The molecule has 0 aromatic carbocycles. The van der Waals surface area contributed by atoms with E-state index in [1.165, 1.54) is 0 Å². The Labute approximate surface area is 127 Å².